The average molecular weight is 222 g/mol. The van der Waals surface area contributed by atoms with Gasteiger partial charge in [-0.2, -0.15) is 0 Å². The van der Waals surface area contributed by atoms with Gasteiger partial charge in [-0.1, -0.05) is 0 Å². The van der Waals surface area contributed by atoms with E-state index in [2.05, 4.69) is 4.98 Å². The summed E-state index contributed by atoms with van der Waals surface area (Å²) in [5.41, 5.74) is 1.46. The highest BCUT2D eigenvalue weighted by Gasteiger charge is 2.13. The molecular formula is C10H10N2O2S. The van der Waals surface area contributed by atoms with Crippen molar-refractivity contribution in [2.24, 2.45) is 5.14 Å². The molecule has 0 saturated carbocycles. The second-order valence-electron chi connectivity index (χ2n) is 3.38. The molecule has 1 aromatic carbocycles. The van der Waals surface area contributed by atoms with Crippen LogP contribution >= 0.6 is 0 Å². The van der Waals surface area contributed by atoms with Gasteiger partial charge in [-0.25, -0.2) is 13.6 Å². The van der Waals surface area contributed by atoms with Crippen LogP contribution in [0.15, 0.2) is 35.4 Å². The number of sulfonamides is 1. The van der Waals surface area contributed by atoms with Gasteiger partial charge in [0.15, 0.2) is 0 Å². The van der Waals surface area contributed by atoms with Gasteiger partial charge in [0.2, 0.25) is 10.0 Å². The number of aryl methyl sites for hydroxylation is 1. The minimum atomic E-state index is -3.69. The van der Waals surface area contributed by atoms with Crippen molar-refractivity contribution in [3.8, 4) is 0 Å². The van der Waals surface area contributed by atoms with E-state index in [9.17, 15) is 8.42 Å². The number of benzene rings is 1. The van der Waals surface area contributed by atoms with Crippen LogP contribution in [0.25, 0.3) is 10.9 Å². The first kappa shape index (κ1) is 10.1. The Labute approximate surface area is 87.8 Å². The predicted molar refractivity (Wildman–Crippen MR) is 57.9 cm³/mol. The van der Waals surface area contributed by atoms with Gasteiger partial charge in [0.25, 0.3) is 0 Å². The quantitative estimate of drug-likeness (QED) is 0.787. The molecule has 0 atom stereocenters. The van der Waals surface area contributed by atoms with E-state index >= 15 is 0 Å². The number of fused-ring (bicyclic) bond motifs is 1. The maximum atomic E-state index is 11.3. The van der Waals surface area contributed by atoms with Gasteiger partial charge in [-0.3, -0.25) is 4.98 Å². The molecule has 2 rings (SSSR count). The van der Waals surface area contributed by atoms with Crippen LogP contribution < -0.4 is 5.14 Å². The summed E-state index contributed by atoms with van der Waals surface area (Å²) in [5.74, 6) is 0. The number of primary sulfonamides is 1. The second-order valence-corrected chi connectivity index (χ2v) is 4.91. The zero-order valence-electron chi connectivity index (χ0n) is 8.14. The Hall–Kier alpha value is -1.46. The Morgan fingerprint density at radius 3 is 2.73 bits per heavy atom. The standard InChI is InChI=1S/C10H10N2O2S/c1-7-5-9-8(3-2-4-12-9)10(6-7)15(11,13)14/h2-6H,1H3,(H2,11,13,14). The molecule has 4 nitrogen and oxygen atoms in total. The van der Waals surface area contributed by atoms with Crippen LogP contribution in [0, 0.1) is 6.92 Å². The molecule has 15 heavy (non-hydrogen) atoms. The number of rotatable bonds is 1. The van der Waals surface area contributed by atoms with E-state index in [1.165, 1.54) is 0 Å². The zero-order chi connectivity index (χ0) is 11.1. The summed E-state index contributed by atoms with van der Waals surface area (Å²) >= 11 is 0. The highest BCUT2D eigenvalue weighted by atomic mass is 32.2. The topological polar surface area (TPSA) is 73.1 Å². The molecule has 1 aromatic heterocycles. The third-order valence-electron chi connectivity index (χ3n) is 2.13. The van der Waals surface area contributed by atoms with Gasteiger partial charge >= 0.3 is 0 Å². The average Bonchev–Trinajstić information content (AvgIpc) is 2.15. The fraction of sp³-hybridized carbons (Fsp3) is 0.100. The first-order valence-electron chi connectivity index (χ1n) is 4.37. The molecular weight excluding hydrogens is 212 g/mol. The highest BCUT2D eigenvalue weighted by Crippen LogP contribution is 2.21. The van der Waals surface area contributed by atoms with E-state index in [1.54, 1.807) is 24.4 Å². The maximum Gasteiger partial charge on any atom is 0.238 e. The molecule has 0 fully saturated rings. The van der Waals surface area contributed by atoms with Gasteiger partial charge in [0.05, 0.1) is 10.4 Å². The van der Waals surface area contributed by atoms with Crippen LogP contribution in [0.5, 0.6) is 0 Å². The fourth-order valence-corrected chi connectivity index (χ4v) is 2.35. The summed E-state index contributed by atoms with van der Waals surface area (Å²) in [6.45, 7) is 1.81. The Kier molecular flexibility index (Phi) is 2.21. The number of hydrogen-bond donors (Lipinski definition) is 1. The van der Waals surface area contributed by atoms with Crippen molar-refractivity contribution in [2.75, 3.05) is 0 Å². The minimum Gasteiger partial charge on any atom is -0.256 e. The lowest BCUT2D eigenvalue weighted by atomic mass is 10.1. The summed E-state index contributed by atoms with van der Waals surface area (Å²) < 4.78 is 22.7. The molecule has 1 heterocycles. The summed E-state index contributed by atoms with van der Waals surface area (Å²) in [6, 6.07) is 6.76. The van der Waals surface area contributed by atoms with Crippen molar-refractivity contribution in [1.82, 2.24) is 4.98 Å². The van der Waals surface area contributed by atoms with Crippen molar-refractivity contribution in [1.29, 1.82) is 0 Å². The number of hydrogen-bond acceptors (Lipinski definition) is 3. The summed E-state index contributed by atoms with van der Waals surface area (Å²) in [5, 5.41) is 5.70. The first-order chi connectivity index (χ1) is 6.98. The zero-order valence-corrected chi connectivity index (χ0v) is 8.95. The van der Waals surface area contributed by atoms with Gasteiger partial charge < -0.3 is 0 Å². The number of aromatic nitrogens is 1. The Morgan fingerprint density at radius 1 is 1.33 bits per heavy atom. The molecule has 0 spiro atoms. The van der Waals surface area contributed by atoms with Crippen LogP contribution in [0.3, 0.4) is 0 Å². The number of nitrogens with two attached hydrogens (primary N) is 1. The van der Waals surface area contributed by atoms with Crippen LogP contribution in [0.1, 0.15) is 5.56 Å². The van der Waals surface area contributed by atoms with Gasteiger partial charge in [0, 0.05) is 11.6 Å². The predicted octanol–water partition coefficient (Wildman–Crippen LogP) is 1.19. The smallest absolute Gasteiger partial charge is 0.238 e. The van der Waals surface area contributed by atoms with E-state index in [-0.39, 0.29) is 4.90 Å². The van der Waals surface area contributed by atoms with Gasteiger partial charge in [-0.05, 0) is 36.8 Å². The monoisotopic (exact) mass is 222 g/mol. The molecule has 0 aliphatic rings. The molecule has 0 aliphatic heterocycles. The molecule has 2 N–H and O–H groups in total. The fourth-order valence-electron chi connectivity index (χ4n) is 1.52. The van der Waals surface area contributed by atoms with Gasteiger partial charge in [0.1, 0.15) is 0 Å². The van der Waals surface area contributed by atoms with Crippen molar-refractivity contribution >= 4 is 20.9 Å². The first-order valence-corrected chi connectivity index (χ1v) is 5.91. The molecule has 0 bridgehead atoms. The van der Waals surface area contributed by atoms with E-state index in [4.69, 9.17) is 5.14 Å². The maximum absolute atomic E-state index is 11.3. The molecule has 0 amide bonds. The van der Waals surface area contributed by atoms with Crippen molar-refractivity contribution in [2.45, 2.75) is 11.8 Å². The Bertz CT molecular complexity index is 620. The molecule has 2 aromatic rings. The minimum absolute atomic E-state index is 0.130. The van der Waals surface area contributed by atoms with Crippen LogP contribution in [0.4, 0.5) is 0 Å². The molecule has 0 radical (unpaired) electrons. The van der Waals surface area contributed by atoms with Crippen LogP contribution in [-0.2, 0) is 10.0 Å². The van der Waals surface area contributed by atoms with Crippen LogP contribution in [0.2, 0.25) is 0 Å². The van der Waals surface area contributed by atoms with Gasteiger partial charge in [-0.15, -0.1) is 0 Å². The largest absolute Gasteiger partial charge is 0.256 e. The lowest BCUT2D eigenvalue weighted by molar-refractivity contribution is 0.598. The number of nitrogens with zero attached hydrogens (tertiary/aromatic N) is 1. The Morgan fingerprint density at radius 2 is 2.07 bits per heavy atom. The summed E-state index contributed by atoms with van der Waals surface area (Å²) in [6.07, 6.45) is 1.62. The highest BCUT2D eigenvalue weighted by molar-refractivity contribution is 7.89. The number of pyridine rings is 1. The summed E-state index contributed by atoms with van der Waals surface area (Å²) in [7, 11) is -3.69. The second kappa shape index (κ2) is 3.29. The molecule has 0 saturated heterocycles. The molecule has 5 heteroatoms. The third-order valence-corrected chi connectivity index (χ3v) is 3.08. The van der Waals surface area contributed by atoms with Crippen LogP contribution in [-0.4, -0.2) is 13.4 Å². The molecule has 0 aliphatic carbocycles. The lowest BCUT2D eigenvalue weighted by Crippen LogP contribution is -2.13. The normalized spacial score (nSPS) is 11.9. The van der Waals surface area contributed by atoms with E-state index in [0.717, 1.165) is 5.56 Å². The molecule has 0 unspecified atom stereocenters. The molecule has 78 valence electrons. The lowest BCUT2D eigenvalue weighted by Gasteiger charge is -2.05. The third kappa shape index (κ3) is 1.84. The van der Waals surface area contributed by atoms with Crippen molar-refractivity contribution in [3.63, 3.8) is 0 Å². The van der Waals surface area contributed by atoms with E-state index in [1.807, 2.05) is 13.0 Å². The Balaban J connectivity index is 2.96. The van der Waals surface area contributed by atoms with Crippen molar-refractivity contribution < 1.29 is 8.42 Å². The SMILES string of the molecule is Cc1cc(S(N)(=O)=O)c2cccnc2c1. The summed E-state index contributed by atoms with van der Waals surface area (Å²) in [4.78, 5) is 4.23. The van der Waals surface area contributed by atoms with E-state index in [0.29, 0.717) is 10.9 Å². The van der Waals surface area contributed by atoms with Crippen molar-refractivity contribution in [3.05, 3.63) is 36.0 Å². The van der Waals surface area contributed by atoms with E-state index < -0.39 is 10.0 Å².